The van der Waals surface area contributed by atoms with Gasteiger partial charge in [-0.25, -0.2) is 4.79 Å². The molecule has 0 atom stereocenters. The van der Waals surface area contributed by atoms with Gasteiger partial charge in [0.2, 0.25) is 0 Å². The summed E-state index contributed by atoms with van der Waals surface area (Å²) in [5, 5.41) is 1.31. The Hall–Kier alpha value is -2.53. The first-order chi connectivity index (χ1) is 13.4. The SMILES string of the molecule is CCON(CCCc1ccc(OCc2ccccc2)cc1)C(=O)OC(C)(C)C. The Morgan fingerprint density at radius 1 is 0.964 bits per heavy atom. The van der Waals surface area contributed by atoms with Crippen molar-refractivity contribution in [1.29, 1.82) is 0 Å². The Kier molecular flexibility index (Phi) is 8.33. The molecule has 0 saturated heterocycles. The van der Waals surface area contributed by atoms with Crippen LogP contribution in [0.25, 0.3) is 0 Å². The van der Waals surface area contributed by atoms with Gasteiger partial charge in [-0.3, -0.25) is 4.84 Å². The predicted molar refractivity (Wildman–Crippen MR) is 110 cm³/mol. The lowest BCUT2D eigenvalue weighted by Gasteiger charge is -2.26. The maximum Gasteiger partial charge on any atom is 0.434 e. The van der Waals surface area contributed by atoms with Gasteiger partial charge in [-0.05, 0) is 63.8 Å². The van der Waals surface area contributed by atoms with Crippen molar-refractivity contribution < 1.29 is 19.1 Å². The minimum Gasteiger partial charge on any atom is -0.489 e. The molecule has 2 aromatic carbocycles. The van der Waals surface area contributed by atoms with Crippen molar-refractivity contribution in [3.63, 3.8) is 0 Å². The van der Waals surface area contributed by atoms with Crippen molar-refractivity contribution in [2.24, 2.45) is 0 Å². The van der Waals surface area contributed by atoms with E-state index in [9.17, 15) is 4.79 Å². The Morgan fingerprint density at radius 3 is 2.25 bits per heavy atom. The van der Waals surface area contributed by atoms with E-state index in [0.717, 1.165) is 24.2 Å². The van der Waals surface area contributed by atoms with E-state index in [1.807, 2.05) is 70.2 Å². The normalized spacial score (nSPS) is 11.1. The summed E-state index contributed by atoms with van der Waals surface area (Å²) in [4.78, 5) is 17.6. The third kappa shape index (κ3) is 8.01. The van der Waals surface area contributed by atoms with E-state index in [4.69, 9.17) is 14.3 Å². The zero-order valence-electron chi connectivity index (χ0n) is 17.3. The number of ether oxygens (including phenoxy) is 2. The van der Waals surface area contributed by atoms with Crippen LogP contribution in [0.2, 0.25) is 0 Å². The fraction of sp³-hybridized carbons (Fsp3) is 0.435. The molecule has 2 rings (SSSR count). The zero-order valence-corrected chi connectivity index (χ0v) is 17.3. The fourth-order valence-corrected chi connectivity index (χ4v) is 2.60. The number of hydrogen-bond acceptors (Lipinski definition) is 4. The highest BCUT2D eigenvalue weighted by atomic mass is 16.7. The zero-order chi connectivity index (χ0) is 20.4. The van der Waals surface area contributed by atoms with E-state index < -0.39 is 11.7 Å². The van der Waals surface area contributed by atoms with Gasteiger partial charge in [-0.15, -0.1) is 0 Å². The van der Waals surface area contributed by atoms with E-state index in [0.29, 0.717) is 19.8 Å². The average Bonchev–Trinajstić information content (AvgIpc) is 2.66. The van der Waals surface area contributed by atoms with E-state index in [2.05, 4.69) is 12.1 Å². The van der Waals surface area contributed by atoms with Crippen molar-refractivity contribution >= 4 is 6.09 Å². The molecule has 0 heterocycles. The minimum atomic E-state index is -0.540. The molecule has 1 amide bonds. The van der Waals surface area contributed by atoms with Crippen LogP contribution in [0, 0.1) is 0 Å². The van der Waals surface area contributed by atoms with E-state index in [-0.39, 0.29) is 0 Å². The number of carbonyl (C=O) groups is 1. The number of nitrogens with zero attached hydrogens (tertiary/aromatic N) is 1. The molecule has 0 bridgehead atoms. The lowest BCUT2D eigenvalue weighted by atomic mass is 10.1. The van der Waals surface area contributed by atoms with Gasteiger partial charge in [0.05, 0.1) is 13.2 Å². The molecule has 0 radical (unpaired) electrons. The number of hydroxylamine groups is 2. The monoisotopic (exact) mass is 385 g/mol. The van der Waals surface area contributed by atoms with Crippen LogP contribution in [0.15, 0.2) is 54.6 Å². The Balaban J connectivity index is 1.78. The van der Waals surface area contributed by atoms with Crippen molar-refractivity contribution in [3.8, 4) is 5.75 Å². The topological polar surface area (TPSA) is 48.0 Å². The number of aryl methyl sites for hydroxylation is 1. The van der Waals surface area contributed by atoms with Gasteiger partial charge in [0, 0.05) is 0 Å². The first-order valence-corrected chi connectivity index (χ1v) is 9.76. The standard InChI is InChI=1S/C23H31NO4/c1-5-27-24(22(25)28-23(2,3)4)17-9-12-19-13-15-21(16-14-19)26-18-20-10-7-6-8-11-20/h6-8,10-11,13-16H,5,9,12,17-18H2,1-4H3. The minimum absolute atomic E-state index is 0.423. The second-order valence-corrected chi connectivity index (χ2v) is 7.52. The summed E-state index contributed by atoms with van der Waals surface area (Å²) < 4.78 is 11.2. The van der Waals surface area contributed by atoms with Crippen LogP contribution in [0.4, 0.5) is 4.79 Å². The molecule has 2 aromatic rings. The van der Waals surface area contributed by atoms with E-state index in [1.54, 1.807) is 0 Å². The van der Waals surface area contributed by atoms with E-state index in [1.165, 1.54) is 10.6 Å². The maximum absolute atomic E-state index is 12.2. The van der Waals surface area contributed by atoms with Crippen molar-refractivity contribution in [3.05, 3.63) is 65.7 Å². The van der Waals surface area contributed by atoms with Gasteiger partial charge in [0.15, 0.2) is 0 Å². The van der Waals surface area contributed by atoms with Crippen LogP contribution in [-0.4, -0.2) is 29.9 Å². The Bertz CT molecular complexity index is 708. The highest BCUT2D eigenvalue weighted by Gasteiger charge is 2.22. The molecule has 28 heavy (non-hydrogen) atoms. The molecule has 0 fully saturated rings. The van der Waals surface area contributed by atoms with Gasteiger partial charge >= 0.3 is 6.09 Å². The highest BCUT2D eigenvalue weighted by molar-refractivity contribution is 5.66. The number of rotatable bonds is 9. The van der Waals surface area contributed by atoms with Gasteiger partial charge in [0.1, 0.15) is 18.0 Å². The first kappa shape index (κ1) is 21.8. The molecule has 0 spiro atoms. The third-order valence-corrected chi connectivity index (χ3v) is 3.88. The predicted octanol–water partition coefficient (Wildman–Crippen LogP) is 5.39. The number of carbonyl (C=O) groups excluding carboxylic acids is 1. The molecule has 5 heteroatoms. The summed E-state index contributed by atoms with van der Waals surface area (Å²) in [6.07, 6.45) is 1.17. The van der Waals surface area contributed by atoms with Gasteiger partial charge in [-0.2, -0.15) is 5.06 Å². The number of amides is 1. The molecular weight excluding hydrogens is 354 g/mol. The summed E-state index contributed by atoms with van der Waals surface area (Å²) >= 11 is 0. The second-order valence-electron chi connectivity index (χ2n) is 7.52. The molecule has 0 aromatic heterocycles. The molecular formula is C23H31NO4. The number of hydrogen-bond donors (Lipinski definition) is 0. The average molecular weight is 386 g/mol. The van der Waals surface area contributed by atoms with E-state index >= 15 is 0 Å². The molecule has 5 nitrogen and oxygen atoms in total. The van der Waals surface area contributed by atoms with Gasteiger partial charge in [-0.1, -0.05) is 42.5 Å². The van der Waals surface area contributed by atoms with Crippen LogP contribution in [-0.2, 0) is 22.6 Å². The summed E-state index contributed by atoms with van der Waals surface area (Å²) in [6, 6.07) is 18.2. The van der Waals surface area contributed by atoms with Gasteiger partial charge in [0.25, 0.3) is 0 Å². The summed E-state index contributed by atoms with van der Waals surface area (Å²) in [7, 11) is 0. The van der Waals surface area contributed by atoms with Crippen LogP contribution in [0.1, 0.15) is 45.2 Å². The molecule has 152 valence electrons. The Labute approximate surface area is 168 Å². The molecule has 0 aliphatic heterocycles. The van der Waals surface area contributed by atoms with Crippen molar-refractivity contribution in [2.75, 3.05) is 13.2 Å². The van der Waals surface area contributed by atoms with Crippen LogP contribution in [0.5, 0.6) is 5.75 Å². The van der Waals surface area contributed by atoms with Crippen molar-refractivity contribution in [1.82, 2.24) is 5.06 Å². The summed E-state index contributed by atoms with van der Waals surface area (Å²) in [6.45, 7) is 8.84. The smallest absolute Gasteiger partial charge is 0.434 e. The quantitative estimate of drug-likeness (QED) is 0.543. The van der Waals surface area contributed by atoms with Gasteiger partial charge < -0.3 is 9.47 Å². The molecule has 0 unspecified atom stereocenters. The molecule has 0 saturated carbocycles. The molecule has 0 aliphatic rings. The van der Waals surface area contributed by atoms with Crippen LogP contribution >= 0.6 is 0 Å². The molecule has 0 aliphatic carbocycles. The lowest BCUT2D eigenvalue weighted by Crippen LogP contribution is -2.37. The van der Waals surface area contributed by atoms with Crippen LogP contribution in [0.3, 0.4) is 0 Å². The third-order valence-electron chi connectivity index (χ3n) is 3.88. The first-order valence-electron chi connectivity index (χ1n) is 9.76. The lowest BCUT2D eigenvalue weighted by molar-refractivity contribution is -0.143. The van der Waals surface area contributed by atoms with Crippen molar-refractivity contribution in [2.45, 2.75) is 52.7 Å². The Morgan fingerprint density at radius 2 is 1.64 bits per heavy atom. The number of benzene rings is 2. The summed E-state index contributed by atoms with van der Waals surface area (Å²) in [5.74, 6) is 0.845. The fourth-order valence-electron chi connectivity index (χ4n) is 2.60. The molecule has 0 N–H and O–H groups in total. The summed E-state index contributed by atoms with van der Waals surface area (Å²) in [5.41, 5.74) is 1.79. The maximum atomic E-state index is 12.2. The van der Waals surface area contributed by atoms with Crippen LogP contribution < -0.4 is 4.74 Å². The largest absolute Gasteiger partial charge is 0.489 e. The second kappa shape index (κ2) is 10.7. The highest BCUT2D eigenvalue weighted by Crippen LogP contribution is 2.16.